The molecule has 0 saturated carbocycles. The Morgan fingerprint density at radius 2 is 2.20 bits per heavy atom. The summed E-state index contributed by atoms with van der Waals surface area (Å²) in [6.07, 6.45) is 2.05. The molecule has 2 heterocycles. The molecule has 0 radical (unpaired) electrons. The predicted octanol–water partition coefficient (Wildman–Crippen LogP) is 2.45. The number of nitrogens with one attached hydrogen (secondary N) is 2. The van der Waals surface area contributed by atoms with Gasteiger partial charge in [0.25, 0.3) is 0 Å². The highest BCUT2D eigenvalue weighted by Crippen LogP contribution is 2.35. The molecule has 0 unspecified atom stereocenters. The normalized spacial score (nSPS) is 13.9. The Morgan fingerprint density at radius 1 is 1.36 bits per heavy atom. The number of nitriles is 1. The Hall–Kier alpha value is -3.60. The van der Waals surface area contributed by atoms with Gasteiger partial charge in [-0.05, 0) is 24.6 Å². The van der Waals surface area contributed by atoms with Crippen LogP contribution in [0.1, 0.15) is 18.5 Å². The topological polar surface area (TPSA) is 120 Å². The van der Waals surface area contributed by atoms with Crippen LogP contribution in [-0.4, -0.2) is 27.6 Å². The summed E-state index contributed by atoms with van der Waals surface area (Å²) in [6.45, 7) is 0.425. The van der Waals surface area contributed by atoms with E-state index in [1.165, 1.54) is 6.20 Å². The molecule has 1 aromatic heterocycles. The van der Waals surface area contributed by atoms with Crippen molar-refractivity contribution < 1.29 is 14.6 Å². The molecule has 0 amide bonds. The molecular weight excluding hydrogens is 322 g/mol. The van der Waals surface area contributed by atoms with E-state index in [2.05, 4.69) is 26.7 Å². The van der Waals surface area contributed by atoms with Gasteiger partial charge in [-0.15, -0.1) is 0 Å². The first-order valence-corrected chi connectivity index (χ1v) is 7.65. The van der Waals surface area contributed by atoms with E-state index in [1.807, 2.05) is 18.2 Å². The monoisotopic (exact) mass is 337 g/mol. The minimum Gasteiger partial charge on any atom is -0.481 e. The SMILES string of the molecule is N#CC(=C1Nc2ccccc2O1)c1ccnc(NCCCC(=O)O)n1. The first kappa shape index (κ1) is 16.3. The molecule has 1 aromatic carbocycles. The summed E-state index contributed by atoms with van der Waals surface area (Å²) < 4.78 is 5.68. The molecule has 0 atom stereocenters. The molecule has 0 aliphatic carbocycles. The first-order valence-electron chi connectivity index (χ1n) is 7.65. The van der Waals surface area contributed by atoms with Gasteiger partial charge in [0.1, 0.15) is 11.6 Å². The molecule has 8 heteroatoms. The third-order valence-corrected chi connectivity index (χ3v) is 3.45. The third kappa shape index (κ3) is 3.84. The van der Waals surface area contributed by atoms with Crippen LogP contribution in [0.3, 0.4) is 0 Å². The van der Waals surface area contributed by atoms with Crippen LogP contribution in [-0.2, 0) is 4.79 Å². The average Bonchev–Trinajstić information content (AvgIpc) is 3.03. The number of anilines is 2. The number of carboxylic acid groups (broad SMARTS) is 1. The Labute approximate surface area is 143 Å². The molecule has 126 valence electrons. The summed E-state index contributed by atoms with van der Waals surface area (Å²) in [5.41, 5.74) is 1.45. The number of ether oxygens (including phenoxy) is 1. The molecule has 8 nitrogen and oxygen atoms in total. The van der Waals surface area contributed by atoms with Gasteiger partial charge in [0, 0.05) is 19.2 Å². The van der Waals surface area contributed by atoms with E-state index in [1.54, 1.807) is 12.1 Å². The summed E-state index contributed by atoms with van der Waals surface area (Å²) in [4.78, 5) is 18.9. The summed E-state index contributed by atoms with van der Waals surface area (Å²) in [6, 6.07) is 11.1. The van der Waals surface area contributed by atoms with Crippen LogP contribution in [0, 0.1) is 11.3 Å². The molecule has 0 bridgehead atoms. The number of hydrogen-bond acceptors (Lipinski definition) is 7. The van der Waals surface area contributed by atoms with Crippen molar-refractivity contribution in [3.05, 3.63) is 48.1 Å². The number of carbonyl (C=O) groups is 1. The molecule has 25 heavy (non-hydrogen) atoms. The average molecular weight is 337 g/mol. The van der Waals surface area contributed by atoms with Gasteiger partial charge < -0.3 is 20.5 Å². The van der Waals surface area contributed by atoms with Crippen LogP contribution in [0.15, 0.2) is 42.4 Å². The van der Waals surface area contributed by atoms with E-state index >= 15 is 0 Å². The van der Waals surface area contributed by atoms with Crippen molar-refractivity contribution in [1.82, 2.24) is 9.97 Å². The number of carboxylic acids is 1. The highest BCUT2D eigenvalue weighted by molar-refractivity contribution is 5.81. The Kier molecular flexibility index (Phi) is 4.76. The van der Waals surface area contributed by atoms with Crippen LogP contribution < -0.4 is 15.4 Å². The van der Waals surface area contributed by atoms with Gasteiger partial charge >= 0.3 is 5.97 Å². The number of nitrogens with zero attached hydrogens (tertiary/aromatic N) is 3. The van der Waals surface area contributed by atoms with Gasteiger partial charge in [0.2, 0.25) is 11.8 Å². The zero-order valence-electron chi connectivity index (χ0n) is 13.2. The second-order valence-corrected chi connectivity index (χ2v) is 5.23. The van der Waals surface area contributed by atoms with Crippen molar-refractivity contribution >= 4 is 23.2 Å². The van der Waals surface area contributed by atoms with E-state index in [0.717, 1.165) is 5.69 Å². The Balaban J connectivity index is 1.76. The molecule has 0 fully saturated rings. The second kappa shape index (κ2) is 7.31. The van der Waals surface area contributed by atoms with E-state index in [4.69, 9.17) is 9.84 Å². The van der Waals surface area contributed by atoms with Crippen molar-refractivity contribution in [3.63, 3.8) is 0 Å². The van der Waals surface area contributed by atoms with Crippen molar-refractivity contribution in [2.45, 2.75) is 12.8 Å². The maximum atomic E-state index is 10.5. The number of hydrogen-bond donors (Lipinski definition) is 3. The molecule has 0 saturated heterocycles. The van der Waals surface area contributed by atoms with Crippen LogP contribution in [0.25, 0.3) is 5.57 Å². The number of benzene rings is 1. The number of fused-ring (bicyclic) bond motifs is 1. The molecule has 1 aliphatic heterocycles. The van der Waals surface area contributed by atoms with Crippen molar-refractivity contribution in [2.75, 3.05) is 17.2 Å². The van der Waals surface area contributed by atoms with Gasteiger partial charge in [-0.25, -0.2) is 9.97 Å². The molecule has 1 aliphatic rings. The highest BCUT2D eigenvalue weighted by Gasteiger charge is 2.21. The summed E-state index contributed by atoms with van der Waals surface area (Å²) in [7, 11) is 0. The highest BCUT2D eigenvalue weighted by atomic mass is 16.5. The zero-order chi connectivity index (χ0) is 17.6. The van der Waals surface area contributed by atoms with Gasteiger partial charge in [0.05, 0.1) is 11.4 Å². The van der Waals surface area contributed by atoms with Gasteiger partial charge in [0.15, 0.2) is 5.75 Å². The van der Waals surface area contributed by atoms with Crippen LogP contribution in [0.2, 0.25) is 0 Å². The van der Waals surface area contributed by atoms with Gasteiger partial charge in [-0.2, -0.15) is 5.26 Å². The maximum absolute atomic E-state index is 10.5. The second-order valence-electron chi connectivity index (χ2n) is 5.23. The van der Waals surface area contributed by atoms with Gasteiger partial charge in [-0.1, -0.05) is 12.1 Å². The largest absolute Gasteiger partial charge is 0.481 e. The van der Waals surface area contributed by atoms with Gasteiger partial charge in [-0.3, -0.25) is 4.79 Å². The van der Waals surface area contributed by atoms with Crippen molar-refractivity contribution in [1.29, 1.82) is 5.26 Å². The summed E-state index contributed by atoms with van der Waals surface area (Å²) in [5.74, 6) is 0.439. The van der Waals surface area contributed by atoms with E-state index < -0.39 is 5.97 Å². The molecule has 3 rings (SSSR count). The zero-order valence-corrected chi connectivity index (χ0v) is 13.2. The number of aliphatic carboxylic acids is 1. The number of allylic oxidation sites excluding steroid dienone is 1. The number of para-hydroxylation sites is 2. The fraction of sp³-hybridized carbons (Fsp3) is 0.176. The molecule has 2 aromatic rings. The number of rotatable bonds is 6. The van der Waals surface area contributed by atoms with E-state index in [9.17, 15) is 10.1 Å². The smallest absolute Gasteiger partial charge is 0.303 e. The summed E-state index contributed by atoms with van der Waals surface area (Å²) >= 11 is 0. The lowest BCUT2D eigenvalue weighted by Crippen LogP contribution is -2.09. The van der Waals surface area contributed by atoms with Crippen molar-refractivity contribution in [2.24, 2.45) is 0 Å². The lowest BCUT2D eigenvalue weighted by molar-refractivity contribution is -0.137. The van der Waals surface area contributed by atoms with Crippen LogP contribution in [0.4, 0.5) is 11.6 Å². The molecule has 0 spiro atoms. The molecular formula is C17H15N5O3. The number of aromatic nitrogens is 2. The van der Waals surface area contributed by atoms with E-state index in [-0.39, 0.29) is 12.0 Å². The quantitative estimate of drug-likeness (QED) is 0.543. The third-order valence-electron chi connectivity index (χ3n) is 3.45. The van der Waals surface area contributed by atoms with Crippen LogP contribution >= 0.6 is 0 Å². The molecule has 3 N–H and O–H groups in total. The Bertz CT molecular complexity index is 846. The fourth-order valence-electron chi connectivity index (χ4n) is 2.28. The van der Waals surface area contributed by atoms with Crippen molar-refractivity contribution in [3.8, 4) is 11.8 Å². The Morgan fingerprint density at radius 3 is 2.96 bits per heavy atom. The maximum Gasteiger partial charge on any atom is 0.303 e. The van der Waals surface area contributed by atoms with Crippen LogP contribution in [0.5, 0.6) is 5.75 Å². The minimum atomic E-state index is -0.850. The lowest BCUT2D eigenvalue weighted by Gasteiger charge is -2.07. The first-order chi connectivity index (χ1) is 12.2. The van der Waals surface area contributed by atoms with E-state index in [0.29, 0.717) is 36.2 Å². The standard InChI is InChI=1S/C17H15N5O3/c18-10-11(16-21-13-4-1-2-5-14(13)25-16)12-7-9-20-17(22-12)19-8-3-6-15(23)24/h1-2,4-5,7,9,21H,3,6,8H2,(H,23,24)(H,19,20,22). The minimum absolute atomic E-state index is 0.0657. The summed E-state index contributed by atoms with van der Waals surface area (Å²) in [5, 5.41) is 24.1. The fourth-order valence-corrected chi connectivity index (χ4v) is 2.28. The lowest BCUT2D eigenvalue weighted by atomic mass is 10.2. The predicted molar refractivity (Wildman–Crippen MR) is 90.6 cm³/mol.